The Balaban J connectivity index is 1.54. The van der Waals surface area contributed by atoms with Crippen LogP contribution in [-0.2, 0) is 22.3 Å². The minimum absolute atomic E-state index is 1.14. The third kappa shape index (κ3) is 2.98. The third-order valence-corrected chi connectivity index (χ3v) is 12.6. The number of hydrogen-bond acceptors (Lipinski definition) is 0. The summed E-state index contributed by atoms with van der Waals surface area (Å²) < 4.78 is 3.27. The van der Waals surface area contributed by atoms with Gasteiger partial charge in [0, 0.05) is 0 Å². The second-order valence-electron chi connectivity index (χ2n) is 10.3. The topological polar surface area (TPSA) is 0 Å². The molecule has 0 saturated heterocycles. The van der Waals surface area contributed by atoms with Crippen LogP contribution < -0.4 is 0 Å². The van der Waals surface area contributed by atoms with Gasteiger partial charge in [0.2, 0.25) is 0 Å². The molecule has 0 spiro atoms. The SMILES string of the molecule is CC1=Cc2c(c3ccccc3c3ccccc23)[C]1=[Zr]=[C]1C(C)=Cc2c1c1ccccc1c1ccccc21. The van der Waals surface area contributed by atoms with Crippen molar-refractivity contribution in [1.29, 1.82) is 0 Å². The Morgan fingerprint density at radius 3 is 1.05 bits per heavy atom. The van der Waals surface area contributed by atoms with Crippen molar-refractivity contribution >= 4 is 61.7 Å². The van der Waals surface area contributed by atoms with E-state index in [1.807, 2.05) is 0 Å². The van der Waals surface area contributed by atoms with E-state index < -0.39 is 22.3 Å². The molecule has 0 nitrogen and oxygen atoms in total. The molecular formula is C36H24Zr. The summed E-state index contributed by atoms with van der Waals surface area (Å²) in [6, 6.07) is 35.9. The minimum atomic E-state index is -1.14. The average molecular weight is 548 g/mol. The summed E-state index contributed by atoms with van der Waals surface area (Å²) >= 11 is -1.14. The molecule has 0 aromatic heterocycles. The van der Waals surface area contributed by atoms with Crippen molar-refractivity contribution in [1.82, 2.24) is 0 Å². The molecule has 8 rings (SSSR count). The summed E-state index contributed by atoms with van der Waals surface area (Å²) in [4.78, 5) is 0. The van der Waals surface area contributed by atoms with Crippen molar-refractivity contribution in [3.05, 3.63) is 130 Å². The fourth-order valence-corrected chi connectivity index (χ4v) is 10.5. The van der Waals surface area contributed by atoms with Gasteiger partial charge in [0.25, 0.3) is 0 Å². The van der Waals surface area contributed by atoms with Gasteiger partial charge >= 0.3 is 228 Å². The van der Waals surface area contributed by atoms with Gasteiger partial charge in [-0.05, 0) is 0 Å². The van der Waals surface area contributed by atoms with Gasteiger partial charge in [-0.2, -0.15) is 0 Å². The molecule has 0 unspecified atom stereocenters. The van der Waals surface area contributed by atoms with Crippen LogP contribution in [0, 0.1) is 0 Å². The normalized spacial score (nSPS) is 14.3. The fraction of sp³-hybridized carbons (Fsp3) is 0.0556. The molecule has 1 heteroatoms. The van der Waals surface area contributed by atoms with Crippen LogP contribution in [0.3, 0.4) is 0 Å². The molecule has 0 radical (unpaired) electrons. The van der Waals surface area contributed by atoms with Crippen molar-refractivity contribution < 1.29 is 22.3 Å². The van der Waals surface area contributed by atoms with E-state index in [1.54, 1.807) is 6.41 Å². The van der Waals surface area contributed by atoms with Crippen LogP contribution in [0.1, 0.15) is 36.1 Å². The fourth-order valence-electron chi connectivity index (χ4n) is 6.59. The molecule has 0 heterocycles. The molecule has 0 bridgehead atoms. The standard InChI is InChI=1S/2C18H12.Zr/c2*1-12-10-17-15-8-4-2-6-13(15)14-7-3-5-9-16(14)18(17)11-12;/h2*2-10H,1H3;. The molecular weight excluding hydrogens is 524 g/mol. The van der Waals surface area contributed by atoms with Crippen molar-refractivity contribution in [2.45, 2.75) is 13.8 Å². The zero-order valence-corrected chi connectivity index (χ0v) is 23.4. The van der Waals surface area contributed by atoms with Gasteiger partial charge in [0.05, 0.1) is 0 Å². The molecule has 0 N–H and O–H groups in total. The zero-order valence-electron chi connectivity index (χ0n) is 20.9. The Morgan fingerprint density at radius 1 is 0.378 bits per heavy atom. The molecule has 0 amide bonds. The average Bonchev–Trinajstić information content (AvgIpc) is 3.46. The van der Waals surface area contributed by atoms with Crippen LogP contribution in [0.25, 0.3) is 55.2 Å². The first-order valence-corrected chi connectivity index (χ1v) is 15.4. The third-order valence-electron chi connectivity index (χ3n) is 8.21. The van der Waals surface area contributed by atoms with Gasteiger partial charge in [0.15, 0.2) is 0 Å². The molecule has 37 heavy (non-hydrogen) atoms. The zero-order chi connectivity index (χ0) is 24.7. The van der Waals surface area contributed by atoms with E-state index in [1.165, 1.54) is 76.5 Å². The van der Waals surface area contributed by atoms with E-state index in [2.05, 4.69) is 123 Å². The number of fused-ring (bicyclic) bond motifs is 12. The van der Waals surface area contributed by atoms with Gasteiger partial charge in [-0.15, -0.1) is 0 Å². The van der Waals surface area contributed by atoms with E-state index in [-0.39, 0.29) is 0 Å². The van der Waals surface area contributed by atoms with Gasteiger partial charge in [-0.3, -0.25) is 0 Å². The van der Waals surface area contributed by atoms with Crippen LogP contribution in [0.2, 0.25) is 0 Å². The molecule has 0 atom stereocenters. The van der Waals surface area contributed by atoms with E-state index in [0.717, 1.165) is 0 Å². The van der Waals surface area contributed by atoms with E-state index >= 15 is 0 Å². The van der Waals surface area contributed by atoms with Crippen LogP contribution in [0.5, 0.6) is 0 Å². The summed E-state index contributed by atoms with van der Waals surface area (Å²) in [5.74, 6) is 0. The molecule has 2 aliphatic rings. The number of allylic oxidation sites excluding steroid dienone is 2. The van der Waals surface area contributed by atoms with Crippen molar-refractivity contribution in [2.24, 2.45) is 0 Å². The second-order valence-corrected chi connectivity index (χ2v) is 13.4. The Morgan fingerprint density at radius 2 is 0.676 bits per heavy atom. The summed E-state index contributed by atoms with van der Waals surface area (Å²) in [6.45, 7) is 4.68. The molecule has 0 fully saturated rings. The predicted molar refractivity (Wildman–Crippen MR) is 158 cm³/mol. The molecule has 172 valence electrons. The Labute approximate surface area is 227 Å². The molecule has 0 saturated carbocycles. The summed E-state index contributed by atoms with van der Waals surface area (Å²) in [5, 5.41) is 11.0. The van der Waals surface area contributed by atoms with Crippen molar-refractivity contribution in [3.63, 3.8) is 0 Å². The van der Waals surface area contributed by atoms with Gasteiger partial charge in [-0.25, -0.2) is 0 Å². The van der Waals surface area contributed by atoms with Crippen LogP contribution in [-0.4, -0.2) is 6.41 Å². The first kappa shape index (κ1) is 21.5. The summed E-state index contributed by atoms with van der Waals surface area (Å²) in [5.41, 5.74) is 8.76. The molecule has 6 aromatic carbocycles. The molecule has 0 aliphatic heterocycles. The van der Waals surface area contributed by atoms with Crippen LogP contribution in [0.4, 0.5) is 0 Å². The Kier molecular flexibility index (Phi) is 4.64. The number of rotatable bonds is 0. The maximum absolute atomic E-state index is 2.47. The maximum atomic E-state index is 2.47. The number of hydrogen-bond donors (Lipinski definition) is 0. The van der Waals surface area contributed by atoms with E-state index in [4.69, 9.17) is 0 Å². The summed E-state index contributed by atoms with van der Waals surface area (Å²) in [6.07, 6.45) is 4.93. The first-order valence-electron chi connectivity index (χ1n) is 13.0. The predicted octanol–water partition coefficient (Wildman–Crippen LogP) is 8.96. The van der Waals surface area contributed by atoms with Gasteiger partial charge < -0.3 is 0 Å². The van der Waals surface area contributed by atoms with E-state index in [9.17, 15) is 0 Å². The Hall–Kier alpha value is -3.54. The second kappa shape index (κ2) is 7.98. The Bertz CT molecular complexity index is 1980. The van der Waals surface area contributed by atoms with Crippen molar-refractivity contribution in [2.75, 3.05) is 0 Å². The van der Waals surface area contributed by atoms with Crippen LogP contribution in [0.15, 0.2) is 108 Å². The quantitative estimate of drug-likeness (QED) is 0.167. The molecule has 2 aliphatic carbocycles. The van der Waals surface area contributed by atoms with Gasteiger partial charge in [0.1, 0.15) is 0 Å². The first-order chi connectivity index (χ1) is 18.2. The van der Waals surface area contributed by atoms with Crippen molar-refractivity contribution in [3.8, 4) is 0 Å². The number of benzene rings is 6. The van der Waals surface area contributed by atoms with Crippen LogP contribution >= 0.6 is 0 Å². The summed E-state index contributed by atoms with van der Waals surface area (Å²) in [7, 11) is 0. The van der Waals surface area contributed by atoms with E-state index in [0.29, 0.717) is 0 Å². The monoisotopic (exact) mass is 546 g/mol. The molecule has 6 aromatic rings. The van der Waals surface area contributed by atoms with Gasteiger partial charge in [-0.1, -0.05) is 0 Å².